The highest BCUT2D eigenvalue weighted by molar-refractivity contribution is 9.10. The average Bonchev–Trinajstić information content (AvgIpc) is 2.36. The van der Waals surface area contributed by atoms with Gasteiger partial charge in [-0.05, 0) is 31.5 Å². The predicted molar refractivity (Wildman–Crippen MR) is 76.2 cm³/mol. The fourth-order valence-corrected chi connectivity index (χ4v) is 1.95. The summed E-state index contributed by atoms with van der Waals surface area (Å²) in [6, 6.07) is 4.93. The third-order valence-corrected chi connectivity index (χ3v) is 3.08. The third kappa shape index (κ3) is 5.29. The van der Waals surface area contributed by atoms with Crippen molar-refractivity contribution in [3.8, 4) is 0 Å². The number of hydrogen-bond acceptors (Lipinski definition) is 2. The first-order valence-electron chi connectivity index (χ1n) is 6.02. The van der Waals surface area contributed by atoms with Crippen LogP contribution in [0.4, 0.5) is 4.39 Å². The summed E-state index contributed by atoms with van der Waals surface area (Å²) in [7, 11) is 0. The van der Waals surface area contributed by atoms with Gasteiger partial charge in [0.15, 0.2) is 0 Å². The second-order valence-corrected chi connectivity index (χ2v) is 4.95. The Labute approximate surface area is 116 Å². The van der Waals surface area contributed by atoms with Crippen LogP contribution in [0.5, 0.6) is 0 Å². The van der Waals surface area contributed by atoms with Gasteiger partial charge in [-0.2, -0.15) is 0 Å². The second kappa shape index (κ2) is 8.40. The van der Waals surface area contributed by atoms with Gasteiger partial charge in [-0.25, -0.2) is 4.39 Å². The molecule has 0 aromatic heterocycles. The van der Waals surface area contributed by atoms with Crippen LogP contribution in [0.25, 0.3) is 0 Å². The molecule has 4 heteroatoms. The van der Waals surface area contributed by atoms with Crippen LogP contribution in [0, 0.1) is 5.82 Å². The summed E-state index contributed by atoms with van der Waals surface area (Å²) in [6.45, 7) is 7.56. The molecule has 100 valence electrons. The molecule has 0 amide bonds. The minimum atomic E-state index is -0.189. The molecule has 0 fully saturated rings. The molecule has 1 aromatic carbocycles. The lowest BCUT2D eigenvalue weighted by atomic mass is 10.1. The van der Waals surface area contributed by atoms with E-state index >= 15 is 0 Å². The fourth-order valence-electron chi connectivity index (χ4n) is 1.57. The zero-order valence-corrected chi connectivity index (χ0v) is 12.2. The van der Waals surface area contributed by atoms with Gasteiger partial charge >= 0.3 is 0 Å². The largest absolute Gasteiger partial charge is 0.380 e. The van der Waals surface area contributed by atoms with Gasteiger partial charge in [-0.1, -0.05) is 22.0 Å². The van der Waals surface area contributed by atoms with Crippen LogP contribution < -0.4 is 5.32 Å². The van der Waals surface area contributed by atoms with Crippen molar-refractivity contribution in [2.45, 2.75) is 19.4 Å². The zero-order valence-electron chi connectivity index (χ0n) is 10.6. The zero-order chi connectivity index (χ0) is 13.4. The molecular formula is C14H19BrFNO. The lowest BCUT2D eigenvalue weighted by Gasteiger charge is -2.15. The Bertz CT molecular complexity index is 384. The molecule has 2 nitrogen and oxygen atoms in total. The highest BCUT2D eigenvalue weighted by Crippen LogP contribution is 2.21. The molecule has 1 aromatic rings. The number of ether oxygens (including phenoxy) is 1. The van der Waals surface area contributed by atoms with E-state index in [-0.39, 0.29) is 11.9 Å². The Balaban J connectivity index is 2.33. The van der Waals surface area contributed by atoms with Crippen LogP contribution >= 0.6 is 15.9 Å². The van der Waals surface area contributed by atoms with Crippen LogP contribution in [0.3, 0.4) is 0 Å². The second-order valence-electron chi connectivity index (χ2n) is 4.03. The van der Waals surface area contributed by atoms with Crippen molar-refractivity contribution in [2.24, 2.45) is 0 Å². The molecule has 0 aliphatic heterocycles. The van der Waals surface area contributed by atoms with E-state index in [1.165, 1.54) is 6.07 Å². The Kier molecular flexibility index (Phi) is 7.16. The topological polar surface area (TPSA) is 21.3 Å². The van der Waals surface area contributed by atoms with Crippen molar-refractivity contribution in [3.63, 3.8) is 0 Å². The van der Waals surface area contributed by atoms with Crippen molar-refractivity contribution in [2.75, 3.05) is 19.8 Å². The van der Waals surface area contributed by atoms with Crippen LogP contribution in [0.15, 0.2) is 35.3 Å². The Morgan fingerprint density at radius 3 is 3.00 bits per heavy atom. The van der Waals surface area contributed by atoms with E-state index in [1.807, 2.05) is 13.0 Å². The van der Waals surface area contributed by atoms with E-state index in [1.54, 1.807) is 12.1 Å². The van der Waals surface area contributed by atoms with Gasteiger partial charge in [0.05, 0.1) is 13.2 Å². The summed E-state index contributed by atoms with van der Waals surface area (Å²) < 4.78 is 19.9. The molecule has 1 atom stereocenters. The van der Waals surface area contributed by atoms with Gasteiger partial charge in [0.25, 0.3) is 0 Å². The molecular weight excluding hydrogens is 297 g/mol. The minimum absolute atomic E-state index is 0.0366. The standard InChI is InChI=1S/C14H19BrFNO/c1-3-4-8-18-9-7-17-11(2)13-10-12(15)5-6-14(13)16/h3,5-6,10-11,17H,1,4,7-9H2,2H3. The predicted octanol–water partition coefficient (Wildman–Crippen LogP) is 3.83. The van der Waals surface area contributed by atoms with Crippen LogP contribution in [0.2, 0.25) is 0 Å². The van der Waals surface area contributed by atoms with Gasteiger partial charge in [0.2, 0.25) is 0 Å². The lowest BCUT2D eigenvalue weighted by Crippen LogP contribution is -2.24. The highest BCUT2D eigenvalue weighted by Gasteiger charge is 2.10. The maximum atomic E-state index is 13.6. The Hall–Kier alpha value is -0.710. The summed E-state index contributed by atoms with van der Waals surface area (Å²) in [4.78, 5) is 0. The number of benzene rings is 1. The van der Waals surface area contributed by atoms with E-state index in [4.69, 9.17) is 4.74 Å². The molecule has 1 N–H and O–H groups in total. The number of rotatable bonds is 8. The molecule has 0 saturated carbocycles. The molecule has 1 rings (SSSR count). The van der Waals surface area contributed by atoms with E-state index in [0.29, 0.717) is 25.3 Å². The third-order valence-electron chi connectivity index (χ3n) is 2.59. The van der Waals surface area contributed by atoms with E-state index < -0.39 is 0 Å². The van der Waals surface area contributed by atoms with Crippen LogP contribution in [0.1, 0.15) is 24.9 Å². The van der Waals surface area contributed by atoms with Gasteiger partial charge in [-0.3, -0.25) is 0 Å². The van der Waals surface area contributed by atoms with E-state index in [2.05, 4.69) is 27.8 Å². The van der Waals surface area contributed by atoms with Crippen molar-refractivity contribution in [1.29, 1.82) is 0 Å². The molecule has 0 aliphatic carbocycles. The monoisotopic (exact) mass is 315 g/mol. The van der Waals surface area contributed by atoms with Crippen LogP contribution in [-0.4, -0.2) is 19.8 Å². The van der Waals surface area contributed by atoms with Gasteiger partial charge in [-0.15, -0.1) is 6.58 Å². The number of nitrogens with one attached hydrogen (secondary N) is 1. The molecule has 0 radical (unpaired) electrons. The van der Waals surface area contributed by atoms with Gasteiger partial charge in [0.1, 0.15) is 5.82 Å². The first-order valence-corrected chi connectivity index (χ1v) is 6.81. The normalized spacial score (nSPS) is 12.4. The molecule has 0 heterocycles. The quantitative estimate of drug-likeness (QED) is 0.581. The summed E-state index contributed by atoms with van der Waals surface area (Å²) in [5.41, 5.74) is 0.662. The van der Waals surface area contributed by atoms with Crippen molar-refractivity contribution in [1.82, 2.24) is 5.32 Å². The van der Waals surface area contributed by atoms with Crippen molar-refractivity contribution < 1.29 is 9.13 Å². The SMILES string of the molecule is C=CCCOCCNC(C)c1cc(Br)ccc1F. The smallest absolute Gasteiger partial charge is 0.128 e. The molecule has 0 aliphatic rings. The van der Waals surface area contributed by atoms with Crippen molar-refractivity contribution >= 4 is 15.9 Å². The van der Waals surface area contributed by atoms with E-state index in [0.717, 1.165) is 10.9 Å². The maximum Gasteiger partial charge on any atom is 0.128 e. The molecule has 1 unspecified atom stereocenters. The van der Waals surface area contributed by atoms with Crippen LogP contribution in [-0.2, 0) is 4.74 Å². The molecule has 0 bridgehead atoms. The number of hydrogen-bond donors (Lipinski definition) is 1. The van der Waals surface area contributed by atoms with Crippen molar-refractivity contribution in [3.05, 3.63) is 46.7 Å². The average molecular weight is 316 g/mol. The summed E-state index contributed by atoms with van der Waals surface area (Å²) >= 11 is 3.35. The maximum absolute atomic E-state index is 13.6. The Morgan fingerprint density at radius 2 is 2.28 bits per heavy atom. The summed E-state index contributed by atoms with van der Waals surface area (Å²) in [5, 5.41) is 3.23. The van der Waals surface area contributed by atoms with Gasteiger partial charge < -0.3 is 10.1 Å². The molecule has 0 spiro atoms. The highest BCUT2D eigenvalue weighted by atomic mass is 79.9. The lowest BCUT2D eigenvalue weighted by molar-refractivity contribution is 0.138. The molecule has 18 heavy (non-hydrogen) atoms. The molecule has 0 saturated heterocycles. The fraction of sp³-hybridized carbons (Fsp3) is 0.429. The summed E-state index contributed by atoms with van der Waals surface area (Å²) in [6.07, 6.45) is 2.68. The Morgan fingerprint density at radius 1 is 1.50 bits per heavy atom. The van der Waals surface area contributed by atoms with Gasteiger partial charge in [0, 0.05) is 22.6 Å². The minimum Gasteiger partial charge on any atom is -0.380 e. The number of halogens is 2. The first kappa shape index (κ1) is 15.3. The summed E-state index contributed by atoms with van der Waals surface area (Å²) in [5.74, 6) is -0.189. The first-order chi connectivity index (χ1) is 8.65. The van der Waals surface area contributed by atoms with E-state index in [9.17, 15) is 4.39 Å².